The van der Waals surface area contributed by atoms with Gasteiger partial charge in [-0.3, -0.25) is 47.9 Å². The molecule has 26 heteroatoms. The molecular weight excluding hydrogens is 1960 g/mol. The van der Waals surface area contributed by atoms with Crippen molar-refractivity contribution in [1.29, 1.82) is 0 Å². The number of carbonyl (C=O) groups excluding carboxylic acids is 10. The van der Waals surface area contributed by atoms with E-state index in [4.69, 9.17) is 117 Å². The third-order valence-corrected chi connectivity index (χ3v) is 47.8. The summed E-state index contributed by atoms with van der Waals surface area (Å²) in [5.41, 5.74) is -1.23. The number of halogens is 6. The molecule has 16 fully saturated rings. The first kappa shape index (κ1) is 110. The number of benzene rings is 2. The monoisotopic (exact) mass is 2130 g/mol. The molecule has 16 aliphatic carbocycles. The van der Waals surface area contributed by atoms with Gasteiger partial charge in [0.25, 0.3) is 0 Å². The van der Waals surface area contributed by atoms with E-state index in [-0.39, 0.29) is 267 Å². The standard InChI is InChI=1S/C119H168Cl6O20/c1-66(20-38-101(126)136-65-71-18-15-17-70-16-13-14-19-80(70)71)87-33-37-91-111-95(58-100(119(87,91)12)142-104(129)41-23-69(4)86-32-36-90-83-29-26-74-52-78(140-107(132)61-122)44-48-114(74,7)94(83)57-99(118(86,90)11)145-110(135)64-125)115(8)49-45-79(137-102(127)39-21-67(2)84-30-34-88-81-27-24-72-50-76(138-105(130)59-120)42-46-112(72,5)92(81)55-97(116(84,88)9)143-108(133)62-123)53-75(115)54-96(111)141-103(128)40-22-68(3)85-31-35-89-82-28-25-73-51-77(139-106(131)60-121)43-47-113(73,6)93(82)56-98(117(85,89)10)144-109(134)63-124/h13-19,66-69,72-79,81-100,111H,20-65H2,1-12H3/t66-,67-,68-,69-,72-,73-,74-,75+,76-,77-,78-,79-,81+,82+,83+,84-,85-,86-,87-,88+,89+,90+,91+,92+,93+,94+,95+,96-,97+,98+,99+,100+,111+,112+,113+,114+,115+,116-,117-,118-,119-/m1/s1. The van der Waals surface area contributed by atoms with Crippen LogP contribution in [0.1, 0.15) is 339 Å². The minimum Gasteiger partial charge on any atom is -0.462 e. The largest absolute Gasteiger partial charge is 0.462 e. The van der Waals surface area contributed by atoms with Crippen LogP contribution in [0.25, 0.3) is 10.8 Å². The van der Waals surface area contributed by atoms with Crippen molar-refractivity contribution >= 4 is 140 Å². The number of fused-ring (bicyclic) bond motifs is 21. The van der Waals surface area contributed by atoms with E-state index >= 15 is 14.4 Å². The van der Waals surface area contributed by atoms with Crippen molar-refractivity contribution in [3.8, 4) is 0 Å². The summed E-state index contributed by atoms with van der Waals surface area (Å²) < 4.78 is 65.4. The van der Waals surface area contributed by atoms with Gasteiger partial charge in [0.15, 0.2) is 0 Å². The minimum absolute atomic E-state index is 0.000384. The molecule has 2 aromatic rings. The molecular formula is C119H168Cl6O20. The summed E-state index contributed by atoms with van der Waals surface area (Å²) >= 11 is 37.0. The SMILES string of the molecule is C[C@H](CCC(=O)O[C@@H]1CC[C@@]2(C)[C@@H](C1)C[C@@H](OC(=O)CC[C@@H](C)[C@H]1CC[C@H]3[C@@H]4CC[C@@H]5C[C@H](OC(=O)CCl)CC[C@]5(C)[C@H]4C[C@H](OC(=O)CCl)[C@]13C)[C@@H]1[C@@H]2C[C@H](OC(=O)CC[C@@H](C)[C@H]2CC[C@H]3[C@@H]4CC[C@@H]5C[C@H](OC(=O)CCl)CC[C@]5(C)[C@H]4C[C@H](OC(=O)CCl)[C@]23C)[C@]2(C)[C@@H]([C@H](C)CCC(=O)OCc3cccc4ccccc34)CC[C@@H]12)[C@H]1CC[C@H]2[C@@H]3CC[C@@H]4C[C@H](OC(=O)CCl)CC[C@]4(C)[C@H]3C[C@H](OC(=O)CCl)[C@]12C. The zero-order valence-electron chi connectivity index (χ0n) is 88.6. The van der Waals surface area contributed by atoms with Crippen LogP contribution < -0.4 is 0 Å². The fourth-order valence-electron chi connectivity index (χ4n) is 39.4. The Morgan fingerprint density at radius 1 is 0.290 bits per heavy atom. The predicted octanol–water partition coefficient (Wildman–Crippen LogP) is 25.9. The summed E-state index contributed by atoms with van der Waals surface area (Å²) in [6.45, 7) is 28.5. The number of hydrogen-bond donors (Lipinski definition) is 0. The molecule has 16 aliphatic rings. The third-order valence-electron chi connectivity index (χ3n) is 46.5. The molecule has 0 unspecified atom stereocenters. The predicted molar refractivity (Wildman–Crippen MR) is 558 cm³/mol. The number of alkyl halides is 6. The minimum atomic E-state index is -0.630. The molecule has 806 valence electrons. The van der Waals surface area contributed by atoms with Crippen molar-refractivity contribution in [2.45, 2.75) is 395 Å². The Labute approximate surface area is 892 Å². The Morgan fingerprint density at radius 3 is 0.966 bits per heavy atom. The summed E-state index contributed by atoms with van der Waals surface area (Å²) in [5, 5.41) is 2.12. The van der Waals surface area contributed by atoms with Gasteiger partial charge in [-0.05, 0) is 399 Å². The van der Waals surface area contributed by atoms with Crippen molar-refractivity contribution in [3.05, 3.63) is 48.0 Å². The first-order chi connectivity index (χ1) is 69.2. The Balaban J connectivity index is 0.607. The lowest BCUT2D eigenvalue weighted by Crippen LogP contribution is -2.63. The van der Waals surface area contributed by atoms with E-state index in [0.29, 0.717) is 111 Å². The Morgan fingerprint density at radius 2 is 0.586 bits per heavy atom. The number of hydrogen-bond acceptors (Lipinski definition) is 20. The number of ether oxygens (including phenoxy) is 10. The van der Waals surface area contributed by atoms with Crippen LogP contribution in [0.4, 0.5) is 0 Å². The molecule has 16 saturated carbocycles. The molecule has 0 spiro atoms. The van der Waals surface area contributed by atoms with Crippen LogP contribution in [0.3, 0.4) is 0 Å². The van der Waals surface area contributed by atoms with Crippen molar-refractivity contribution in [1.82, 2.24) is 0 Å². The molecule has 2 aromatic carbocycles. The molecule has 145 heavy (non-hydrogen) atoms. The van der Waals surface area contributed by atoms with Gasteiger partial charge in [-0.25, -0.2) is 0 Å². The summed E-state index contributed by atoms with van der Waals surface area (Å²) in [4.78, 5) is 140. The second-order valence-electron chi connectivity index (χ2n) is 52.0. The summed E-state index contributed by atoms with van der Waals surface area (Å²) in [5.74, 6) is -0.0687. The molecule has 18 rings (SSSR count). The number of esters is 10. The zero-order valence-corrected chi connectivity index (χ0v) is 93.1. The second-order valence-corrected chi connectivity index (χ2v) is 53.6. The van der Waals surface area contributed by atoms with E-state index in [9.17, 15) is 33.6 Å². The molecule has 0 saturated heterocycles. The molecule has 0 aliphatic heterocycles. The highest BCUT2D eigenvalue weighted by Gasteiger charge is 2.73. The summed E-state index contributed by atoms with van der Waals surface area (Å²) in [6.07, 6.45) is 26.6. The lowest BCUT2D eigenvalue weighted by atomic mass is 9.43. The van der Waals surface area contributed by atoms with Crippen LogP contribution in [0.15, 0.2) is 42.5 Å². The van der Waals surface area contributed by atoms with Gasteiger partial charge in [-0.2, -0.15) is 0 Å². The zero-order chi connectivity index (χ0) is 103. The van der Waals surface area contributed by atoms with Crippen molar-refractivity contribution in [2.24, 2.45) is 185 Å². The average Bonchev–Trinajstić information content (AvgIpc) is 1.52. The van der Waals surface area contributed by atoms with Crippen LogP contribution in [0, 0.1) is 185 Å². The number of rotatable bonds is 33. The smallest absolute Gasteiger partial charge is 0.321 e. The topological polar surface area (TPSA) is 263 Å². The van der Waals surface area contributed by atoms with Gasteiger partial charge in [0.2, 0.25) is 0 Å². The van der Waals surface area contributed by atoms with E-state index in [1.54, 1.807) is 0 Å². The van der Waals surface area contributed by atoms with Crippen LogP contribution in [0.2, 0.25) is 0 Å². The van der Waals surface area contributed by atoms with Crippen molar-refractivity contribution < 1.29 is 95.3 Å². The maximum Gasteiger partial charge on any atom is 0.321 e. The molecule has 20 nitrogen and oxygen atoms in total. The molecule has 0 radical (unpaired) electrons. The molecule has 0 N–H and O–H groups in total. The maximum atomic E-state index is 15.9. The van der Waals surface area contributed by atoms with Gasteiger partial charge in [0, 0.05) is 53.3 Å². The van der Waals surface area contributed by atoms with Gasteiger partial charge < -0.3 is 47.4 Å². The fraction of sp³-hybridized carbons (Fsp3) is 0.832. The van der Waals surface area contributed by atoms with E-state index < -0.39 is 41.6 Å². The van der Waals surface area contributed by atoms with Gasteiger partial charge in [0.1, 0.15) is 96.8 Å². The Kier molecular flexibility index (Phi) is 33.8. The van der Waals surface area contributed by atoms with Crippen LogP contribution in [0.5, 0.6) is 0 Å². The summed E-state index contributed by atoms with van der Waals surface area (Å²) in [6, 6.07) is 14.2. The fourth-order valence-corrected chi connectivity index (χ4v) is 39.8. The average molecular weight is 2130 g/mol. The van der Waals surface area contributed by atoms with Gasteiger partial charge >= 0.3 is 59.7 Å². The molecule has 41 atom stereocenters. The van der Waals surface area contributed by atoms with Crippen LogP contribution >= 0.6 is 69.6 Å². The van der Waals surface area contributed by atoms with Gasteiger partial charge in [-0.1, -0.05) is 126 Å². The molecule has 0 amide bonds. The van der Waals surface area contributed by atoms with Crippen molar-refractivity contribution in [3.63, 3.8) is 0 Å². The lowest BCUT2D eigenvalue weighted by molar-refractivity contribution is -0.226. The Bertz CT molecular complexity index is 5010. The normalized spacial score (nSPS) is 43.1. The molecule has 0 heterocycles. The van der Waals surface area contributed by atoms with E-state index in [2.05, 4.69) is 101 Å². The van der Waals surface area contributed by atoms with Gasteiger partial charge in [-0.15, -0.1) is 69.6 Å². The van der Waals surface area contributed by atoms with Crippen LogP contribution in [-0.4, -0.2) is 150 Å². The maximum absolute atomic E-state index is 15.9. The van der Waals surface area contributed by atoms with Crippen molar-refractivity contribution in [2.75, 3.05) is 35.3 Å². The number of carbonyl (C=O) groups is 10. The quantitative estimate of drug-likeness (QED) is 0.0365. The molecule has 0 bridgehead atoms. The first-order valence-electron chi connectivity index (χ1n) is 57.0. The van der Waals surface area contributed by atoms with E-state index in [0.717, 1.165) is 190 Å². The Hall–Kier alpha value is -4.86. The summed E-state index contributed by atoms with van der Waals surface area (Å²) in [7, 11) is 0. The molecule has 0 aromatic heterocycles. The van der Waals surface area contributed by atoms with E-state index in [1.807, 2.05) is 24.3 Å². The van der Waals surface area contributed by atoms with Crippen LogP contribution in [-0.2, 0) is 102 Å². The highest BCUT2D eigenvalue weighted by Crippen LogP contribution is 2.76. The van der Waals surface area contributed by atoms with Gasteiger partial charge in [0.05, 0.1) is 0 Å². The first-order valence-corrected chi connectivity index (χ1v) is 60.2. The highest BCUT2D eigenvalue weighted by molar-refractivity contribution is 6.28. The highest BCUT2D eigenvalue weighted by atomic mass is 35.5. The van der Waals surface area contributed by atoms with E-state index in [1.165, 1.54) is 0 Å². The second kappa shape index (κ2) is 44.5. The third kappa shape index (κ3) is 20.6. The lowest BCUT2D eigenvalue weighted by Gasteiger charge is -2.64.